The number of amidine groups is 1. The molecule has 1 heterocycles. The van der Waals surface area contributed by atoms with E-state index in [1.165, 1.54) is 0 Å². The van der Waals surface area contributed by atoms with Crippen molar-refractivity contribution in [2.75, 3.05) is 0 Å². The Hall–Kier alpha value is -0.900. The largest absolute Gasteiger partial charge is 0.387 e. The topological polar surface area (TPSA) is 51.3 Å². The summed E-state index contributed by atoms with van der Waals surface area (Å²) in [6.07, 6.45) is 3.71. The molecule has 1 rings (SSSR count). The summed E-state index contributed by atoms with van der Waals surface area (Å²) in [6, 6.07) is 0.103. The van der Waals surface area contributed by atoms with Crippen molar-refractivity contribution in [3.63, 3.8) is 0 Å². The number of aromatic nitrogens is 1. The third kappa shape index (κ3) is 3.14. The second-order valence-corrected chi connectivity index (χ2v) is 3.84. The molecule has 0 aliphatic heterocycles. The van der Waals surface area contributed by atoms with Gasteiger partial charge in [-0.25, -0.2) is 4.98 Å². The van der Waals surface area contributed by atoms with Crippen molar-refractivity contribution >= 4 is 17.2 Å². The lowest BCUT2D eigenvalue weighted by molar-refractivity contribution is 0.796. The second-order valence-electron chi connectivity index (χ2n) is 2.92. The normalized spacial score (nSPS) is 14.5. The molecule has 0 saturated carbocycles. The standard InChI is InChI=1S/C9H15N3S/c1-3-4-8(10)12-7(2)9-11-5-6-13-9/h5-7H,3-4H2,1-2H3,(H2,10,12). The molecule has 0 radical (unpaired) electrons. The highest BCUT2D eigenvalue weighted by atomic mass is 32.1. The van der Waals surface area contributed by atoms with E-state index in [9.17, 15) is 0 Å². The van der Waals surface area contributed by atoms with Gasteiger partial charge in [0.2, 0.25) is 0 Å². The molecule has 0 aliphatic rings. The van der Waals surface area contributed by atoms with E-state index in [4.69, 9.17) is 5.73 Å². The Bertz CT molecular complexity index is 266. The van der Waals surface area contributed by atoms with E-state index in [-0.39, 0.29) is 6.04 Å². The zero-order chi connectivity index (χ0) is 9.68. The molecule has 13 heavy (non-hydrogen) atoms. The minimum absolute atomic E-state index is 0.103. The van der Waals surface area contributed by atoms with Crippen LogP contribution in [0, 0.1) is 0 Å². The molecule has 4 heteroatoms. The highest BCUT2D eigenvalue weighted by Crippen LogP contribution is 2.18. The van der Waals surface area contributed by atoms with Crippen molar-refractivity contribution in [3.05, 3.63) is 16.6 Å². The summed E-state index contributed by atoms with van der Waals surface area (Å²) < 4.78 is 0. The molecule has 1 unspecified atom stereocenters. The first-order valence-electron chi connectivity index (χ1n) is 4.45. The van der Waals surface area contributed by atoms with Crippen LogP contribution in [0.4, 0.5) is 0 Å². The minimum atomic E-state index is 0.103. The summed E-state index contributed by atoms with van der Waals surface area (Å²) in [5.41, 5.74) is 5.72. The zero-order valence-electron chi connectivity index (χ0n) is 8.03. The average Bonchev–Trinajstić information content (AvgIpc) is 2.55. The van der Waals surface area contributed by atoms with E-state index in [1.54, 1.807) is 17.5 Å². The Morgan fingerprint density at radius 1 is 1.77 bits per heavy atom. The van der Waals surface area contributed by atoms with E-state index in [0.29, 0.717) is 0 Å². The van der Waals surface area contributed by atoms with Gasteiger partial charge in [-0.3, -0.25) is 4.99 Å². The molecule has 0 amide bonds. The Morgan fingerprint density at radius 2 is 2.54 bits per heavy atom. The maximum Gasteiger partial charge on any atom is 0.117 e. The lowest BCUT2D eigenvalue weighted by Crippen LogP contribution is -2.12. The Morgan fingerprint density at radius 3 is 3.08 bits per heavy atom. The molecule has 3 nitrogen and oxygen atoms in total. The number of nitrogens with zero attached hydrogens (tertiary/aromatic N) is 2. The van der Waals surface area contributed by atoms with Crippen LogP contribution in [-0.4, -0.2) is 10.8 Å². The molecule has 1 atom stereocenters. The van der Waals surface area contributed by atoms with Crippen LogP contribution in [0.3, 0.4) is 0 Å². The summed E-state index contributed by atoms with van der Waals surface area (Å²) in [4.78, 5) is 8.54. The lowest BCUT2D eigenvalue weighted by Gasteiger charge is -2.03. The van der Waals surface area contributed by atoms with Gasteiger partial charge < -0.3 is 5.73 Å². The summed E-state index contributed by atoms with van der Waals surface area (Å²) >= 11 is 1.62. The third-order valence-electron chi connectivity index (χ3n) is 1.67. The van der Waals surface area contributed by atoms with Crippen molar-refractivity contribution in [1.82, 2.24) is 4.98 Å². The predicted octanol–water partition coefficient (Wildman–Crippen LogP) is 2.36. The van der Waals surface area contributed by atoms with E-state index in [2.05, 4.69) is 16.9 Å². The third-order valence-corrected chi connectivity index (χ3v) is 2.62. The Kier molecular flexibility index (Phi) is 3.89. The first-order valence-corrected chi connectivity index (χ1v) is 5.33. The summed E-state index contributed by atoms with van der Waals surface area (Å²) in [6.45, 7) is 4.11. The number of nitrogens with two attached hydrogens (primary N) is 1. The van der Waals surface area contributed by atoms with Gasteiger partial charge in [0.05, 0.1) is 5.84 Å². The maximum atomic E-state index is 5.72. The maximum absolute atomic E-state index is 5.72. The first kappa shape index (κ1) is 10.2. The fraction of sp³-hybridized carbons (Fsp3) is 0.556. The van der Waals surface area contributed by atoms with Crippen molar-refractivity contribution < 1.29 is 0 Å². The molecule has 0 saturated heterocycles. The van der Waals surface area contributed by atoms with Crippen LogP contribution in [0.15, 0.2) is 16.6 Å². The van der Waals surface area contributed by atoms with Gasteiger partial charge in [-0.15, -0.1) is 11.3 Å². The molecule has 0 bridgehead atoms. The van der Waals surface area contributed by atoms with Crippen LogP contribution in [-0.2, 0) is 0 Å². The van der Waals surface area contributed by atoms with Crippen molar-refractivity contribution in [1.29, 1.82) is 0 Å². The number of hydrogen-bond acceptors (Lipinski definition) is 3. The molecular weight excluding hydrogens is 182 g/mol. The molecular formula is C9H15N3S. The quantitative estimate of drug-likeness (QED) is 0.595. The van der Waals surface area contributed by atoms with Crippen LogP contribution in [0.25, 0.3) is 0 Å². The molecule has 2 N–H and O–H groups in total. The molecule has 72 valence electrons. The van der Waals surface area contributed by atoms with Crippen molar-refractivity contribution in [2.45, 2.75) is 32.7 Å². The van der Waals surface area contributed by atoms with Gasteiger partial charge in [-0.2, -0.15) is 0 Å². The Labute approximate surface area is 82.7 Å². The van der Waals surface area contributed by atoms with Crippen LogP contribution in [0.5, 0.6) is 0 Å². The fourth-order valence-electron chi connectivity index (χ4n) is 1.07. The summed E-state index contributed by atoms with van der Waals surface area (Å²) in [7, 11) is 0. The monoisotopic (exact) mass is 197 g/mol. The second kappa shape index (κ2) is 4.97. The van der Waals surface area contributed by atoms with E-state index in [0.717, 1.165) is 23.7 Å². The number of rotatable bonds is 4. The number of hydrogen-bond donors (Lipinski definition) is 1. The molecule has 0 aliphatic carbocycles. The SMILES string of the molecule is CCCC(N)=NC(C)c1nccs1. The fourth-order valence-corrected chi connectivity index (χ4v) is 1.70. The van der Waals surface area contributed by atoms with Gasteiger partial charge in [0, 0.05) is 18.0 Å². The van der Waals surface area contributed by atoms with Crippen LogP contribution in [0.2, 0.25) is 0 Å². The van der Waals surface area contributed by atoms with Gasteiger partial charge in [0.1, 0.15) is 11.0 Å². The number of thiazole rings is 1. The van der Waals surface area contributed by atoms with Crippen molar-refractivity contribution in [3.8, 4) is 0 Å². The highest BCUT2D eigenvalue weighted by Gasteiger charge is 2.05. The van der Waals surface area contributed by atoms with E-state index in [1.807, 2.05) is 12.3 Å². The summed E-state index contributed by atoms with van der Waals surface area (Å²) in [5, 5.41) is 2.98. The highest BCUT2D eigenvalue weighted by molar-refractivity contribution is 7.09. The first-order chi connectivity index (χ1) is 6.24. The van der Waals surface area contributed by atoms with Gasteiger partial charge in [-0.05, 0) is 13.3 Å². The van der Waals surface area contributed by atoms with Crippen molar-refractivity contribution in [2.24, 2.45) is 10.7 Å². The molecule has 0 spiro atoms. The average molecular weight is 197 g/mol. The van der Waals surface area contributed by atoms with Gasteiger partial charge in [-0.1, -0.05) is 6.92 Å². The van der Waals surface area contributed by atoms with Crippen LogP contribution >= 0.6 is 11.3 Å². The van der Waals surface area contributed by atoms with Crippen LogP contribution < -0.4 is 5.73 Å². The van der Waals surface area contributed by atoms with Gasteiger partial charge >= 0.3 is 0 Å². The smallest absolute Gasteiger partial charge is 0.117 e. The predicted molar refractivity (Wildman–Crippen MR) is 57.1 cm³/mol. The molecule has 0 aromatic carbocycles. The number of aliphatic imine (C=N–C) groups is 1. The zero-order valence-corrected chi connectivity index (χ0v) is 8.84. The molecule has 1 aromatic heterocycles. The van der Waals surface area contributed by atoms with E-state index < -0.39 is 0 Å². The van der Waals surface area contributed by atoms with E-state index >= 15 is 0 Å². The van der Waals surface area contributed by atoms with Gasteiger partial charge in [0.25, 0.3) is 0 Å². The Balaban J connectivity index is 2.59. The van der Waals surface area contributed by atoms with Gasteiger partial charge in [0.15, 0.2) is 0 Å². The summed E-state index contributed by atoms with van der Waals surface area (Å²) in [5.74, 6) is 0.727. The minimum Gasteiger partial charge on any atom is -0.387 e. The lowest BCUT2D eigenvalue weighted by atomic mass is 10.3. The molecule has 1 aromatic rings. The van der Waals surface area contributed by atoms with Crippen LogP contribution in [0.1, 0.15) is 37.7 Å². The molecule has 0 fully saturated rings.